The third kappa shape index (κ3) is 7.36. The highest BCUT2D eigenvalue weighted by molar-refractivity contribution is 7.93. The minimum Gasteiger partial charge on any atom is -0.395 e. The smallest absolute Gasteiger partial charge is 0.389 e. The molecule has 0 bridgehead atoms. The van der Waals surface area contributed by atoms with Crippen molar-refractivity contribution in [3.8, 4) is 0 Å². The number of hydrogen-bond acceptors (Lipinski definition) is 6. The number of hydrogen-bond donors (Lipinski definition) is 2. The number of carbonyl (C=O) groups is 1. The molecule has 0 aliphatic carbocycles. The maximum absolute atomic E-state index is 12.9. The highest BCUT2D eigenvalue weighted by atomic mass is 32.2. The van der Waals surface area contributed by atoms with Gasteiger partial charge in [-0.1, -0.05) is 12.5 Å². The fourth-order valence-corrected chi connectivity index (χ4v) is 4.72. The van der Waals surface area contributed by atoms with Gasteiger partial charge >= 0.3 is 6.18 Å². The van der Waals surface area contributed by atoms with E-state index in [9.17, 15) is 31.5 Å². The summed E-state index contributed by atoms with van der Waals surface area (Å²) >= 11 is 0. The van der Waals surface area contributed by atoms with E-state index in [1.54, 1.807) is 12.1 Å². The number of fused-ring (bicyclic) bond motifs is 1. The second-order valence-corrected chi connectivity index (χ2v) is 9.46. The number of carbonyl (C=O) groups excluding carboxylic acids is 1. The Morgan fingerprint density at radius 1 is 0.971 bits per heavy atom. The predicted molar refractivity (Wildman–Crippen MR) is 124 cm³/mol. The number of alkyl halides is 3. The van der Waals surface area contributed by atoms with Crippen LogP contribution in [0, 0.1) is 0 Å². The molecular weight excluding hydrogens is 485 g/mol. The molecule has 8 nitrogen and oxygen atoms in total. The van der Waals surface area contributed by atoms with Crippen molar-refractivity contribution in [2.45, 2.75) is 36.8 Å². The van der Waals surface area contributed by atoms with Crippen molar-refractivity contribution in [3.63, 3.8) is 0 Å². The van der Waals surface area contributed by atoms with Gasteiger partial charge in [-0.05, 0) is 49.2 Å². The van der Waals surface area contributed by atoms with Crippen molar-refractivity contribution in [1.29, 1.82) is 0 Å². The van der Waals surface area contributed by atoms with E-state index in [0.29, 0.717) is 18.4 Å². The number of aromatic nitrogens is 2. The molecule has 0 spiro atoms. The number of benzene rings is 2. The summed E-state index contributed by atoms with van der Waals surface area (Å²) in [5, 5.41) is 9.27. The maximum Gasteiger partial charge on any atom is 0.389 e. The third-order valence-corrected chi connectivity index (χ3v) is 6.59. The summed E-state index contributed by atoms with van der Waals surface area (Å²) < 4.78 is 65.1. The molecule has 188 valence electrons. The summed E-state index contributed by atoms with van der Waals surface area (Å²) in [6.07, 6.45) is -1.57. The Labute approximate surface area is 200 Å². The molecule has 0 unspecified atom stereocenters. The molecule has 3 aromatic rings. The van der Waals surface area contributed by atoms with Gasteiger partial charge < -0.3 is 10.0 Å². The monoisotopic (exact) mass is 510 g/mol. The minimum atomic E-state index is -4.20. The van der Waals surface area contributed by atoms with Gasteiger partial charge in [0.2, 0.25) is 0 Å². The number of anilines is 1. The summed E-state index contributed by atoms with van der Waals surface area (Å²) in [5.74, 6) is -0.409. The van der Waals surface area contributed by atoms with Crippen LogP contribution in [0.5, 0.6) is 0 Å². The summed E-state index contributed by atoms with van der Waals surface area (Å²) in [6, 6.07) is 10.4. The number of sulfonamides is 1. The van der Waals surface area contributed by atoms with Crippen LogP contribution < -0.4 is 4.72 Å². The number of para-hydroxylation sites is 1. The molecule has 0 atom stereocenters. The van der Waals surface area contributed by atoms with Crippen LogP contribution in [0.1, 0.15) is 36.0 Å². The minimum absolute atomic E-state index is 0.0260. The van der Waals surface area contributed by atoms with Crippen LogP contribution in [0.4, 0.5) is 18.9 Å². The summed E-state index contributed by atoms with van der Waals surface area (Å²) in [7, 11) is -3.99. The first-order chi connectivity index (χ1) is 16.6. The molecule has 0 saturated carbocycles. The van der Waals surface area contributed by atoms with Gasteiger partial charge in [-0.15, -0.1) is 0 Å². The highest BCUT2D eigenvalue weighted by Crippen LogP contribution is 2.24. The molecule has 35 heavy (non-hydrogen) atoms. The van der Waals surface area contributed by atoms with Crippen molar-refractivity contribution in [3.05, 3.63) is 60.4 Å². The molecule has 0 aliphatic heterocycles. The fourth-order valence-electron chi connectivity index (χ4n) is 3.50. The lowest BCUT2D eigenvalue weighted by molar-refractivity contribution is -0.135. The number of unbranched alkanes of at least 4 members (excludes halogenated alkanes) is 2. The van der Waals surface area contributed by atoms with Gasteiger partial charge in [0, 0.05) is 43.2 Å². The van der Waals surface area contributed by atoms with Crippen molar-refractivity contribution in [2.75, 3.05) is 24.4 Å². The molecule has 2 N–H and O–H groups in total. The standard InChI is InChI=1S/C23H25F3N4O4S/c24-23(25,26)11-2-1-3-14-30(15-16-31)22(32)17-7-9-18(10-8-17)29-35(33,34)20-6-4-5-19-21(20)28-13-12-27-19/h4-10,12-13,29,31H,1-3,11,14-16H2. The normalized spacial score (nSPS) is 12.0. The first-order valence-corrected chi connectivity index (χ1v) is 12.4. The maximum atomic E-state index is 12.9. The number of rotatable bonds is 11. The van der Waals surface area contributed by atoms with Gasteiger partial charge in [-0.2, -0.15) is 13.2 Å². The molecule has 0 saturated heterocycles. The van der Waals surface area contributed by atoms with Crippen molar-refractivity contribution in [2.24, 2.45) is 0 Å². The van der Waals surface area contributed by atoms with Gasteiger partial charge in [0.25, 0.3) is 15.9 Å². The second-order valence-electron chi connectivity index (χ2n) is 7.80. The summed E-state index contributed by atoms with van der Waals surface area (Å²) in [4.78, 5) is 22.3. The van der Waals surface area contributed by atoms with Crippen molar-refractivity contribution in [1.82, 2.24) is 14.9 Å². The van der Waals surface area contributed by atoms with Gasteiger partial charge in [0.1, 0.15) is 10.4 Å². The van der Waals surface area contributed by atoms with Gasteiger partial charge in [-0.3, -0.25) is 19.5 Å². The SMILES string of the molecule is O=C(c1ccc(NS(=O)(=O)c2cccc3nccnc23)cc1)N(CCO)CCCCCC(F)(F)F. The number of nitrogens with one attached hydrogen (secondary N) is 1. The zero-order valence-corrected chi connectivity index (χ0v) is 19.5. The topological polar surface area (TPSA) is 112 Å². The van der Waals surface area contributed by atoms with E-state index in [-0.39, 0.29) is 47.8 Å². The predicted octanol–water partition coefficient (Wildman–Crippen LogP) is 3.99. The Bertz CT molecular complexity index is 1250. The first kappa shape index (κ1) is 26.4. The van der Waals surface area contributed by atoms with Crippen LogP contribution in [0.25, 0.3) is 11.0 Å². The molecule has 1 heterocycles. The molecular formula is C23H25F3N4O4S. The number of nitrogens with zero attached hydrogens (tertiary/aromatic N) is 3. The lowest BCUT2D eigenvalue weighted by Crippen LogP contribution is -2.34. The van der Waals surface area contributed by atoms with Crippen LogP contribution in [0.15, 0.2) is 59.8 Å². The molecule has 0 radical (unpaired) electrons. The van der Waals surface area contributed by atoms with Crippen molar-refractivity contribution < 1.29 is 31.5 Å². The van der Waals surface area contributed by atoms with Crippen molar-refractivity contribution >= 4 is 32.7 Å². The first-order valence-electron chi connectivity index (χ1n) is 10.9. The summed E-state index contributed by atoms with van der Waals surface area (Å²) in [5.41, 5.74) is 1.14. The largest absolute Gasteiger partial charge is 0.395 e. The fraction of sp³-hybridized carbons (Fsp3) is 0.348. The van der Waals surface area contributed by atoms with Crippen LogP contribution in [0.2, 0.25) is 0 Å². The van der Waals surface area contributed by atoms with Crippen LogP contribution in [0.3, 0.4) is 0 Å². The lowest BCUT2D eigenvalue weighted by Gasteiger charge is -2.22. The number of halogens is 3. The molecule has 12 heteroatoms. The highest BCUT2D eigenvalue weighted by Gasteiger charge is 2.26. The zero-order chi connectivity index (χ0) is 25.5. The van der Waals surface area contributed by atoms with E-state index in [0.717, 1.165) is 0 Å². The number of aliphatic hydroxyl groups excluding tert-OH is 1. The molecule has 3 rings (SSSR count). The molecule has 2 aromatic carbocycles. The van der Waals surface area contributed by atoms with E-state index < -0.39 is 28.5 Å². The molecule has 1 amide bonds. The van der Waals surface area contributed by atoms with Crippen LogP contribution in [-0.4, -0.2) is 60.2 Å². The van der Waals surface area contributed by atoms with Gasteiger partial charge in [-0.25, -0.2) is 8.42 Å². The van der Waals surface area contributed by atoms with E-state index in [1.165, 1.54) is 47.6 Å². The lowest BCUT2D eigenvalue weighted by atomic mass is 10.1. The van der Waals surface area contributed by atoms with Gasteiger partial charge in [0.05, 0.1) is 12.1 Å². The van der Waals surface area contributed by atoms with E-state index in [1.807, 2.05) is 0 Å². The quantitative estimate of drug-likeness (QED) is 0.377. The number of amides is 1. The Balaban J connectivity index is 1.66. The average molecular weight is 511 g/mol. The van der Waals surface area contributed by atoms with Crippen LogP contribution in [-0.2, 0) is 10.0 Å². The Kier molecular flexibility index (Phi) is 8.62. The third-order valence-electron chi connectivity index (χ3n) is 5.18. The zero-order valence-electron chi connectivity index (χ0n) is 18.7. The summed E-state index contributed by atoms with van der Waals surface area (Å²) in [6.45, 7) is -0.0531. The molecule has 0 aliphatic rings. The molecule has 0 fully saturated rings. The van der Waals surface area contributed by atoms with Gasteiger partial charge in [0.15, 0.2) is 0 Å². The Hall–Kier alpha value is -3.25. The Morgan fingerprint density at radius 3 is 2.37 bits per heavy atom. The Morgan fingerprint density at radius 2 is 1.69 bits per heavy atom. The van der Waals surface area contributed by atoms with E-state index in [4.69, 9.17) is 0 Å². The number of aliphatic hydroxyl groups is 1. The van der Waals surface area contributed by atoms with Crippen LogP contribution >= 0.6 is 0 Å². The second kappa shape index (κ2) is 11.5. The average Bonchev–Trinajstić information content (AvgIpc) is 2.82. The van der Waals surface area contributed by atoms with E-state index in [2.05, 4.69) is 14.7 Å². The molecule has 1 aromatic heterocycles. The van der Waals surface area contributed by atoms with E-state index >= 15 is 0 Å².